The second kappa shape index (κ2) is 5.53. The zero-order valence-electron chi connectivity index (χ0n) is 11.8. The average Bonchev–Trinajstić information content (AvgIpc) is 2.73. The van der Waals surface area contributed by atoms with Crippen molar-refractivity contribution >= 4 is 11.0 Å². The van der Waals surface area contributed by atoms with E-state index in [1.54, 1.807) is 0 Å². The minimum Gasteiger partial charge on any atom is -0.330 e. The maximum Gasteiger partial charge on any atom is 0.126 e. The number of nitrogens with one attached hydrogen (secondary N) is 1. The highest BCUT2D eigenvalue weighted by molar-refractivity contribution is 5.75. The van der Waals surface area contributed by atoms with Crippen LogP contribution in [0.4, 0.5) is 0 Å². The van der Waals surface area contributed by atoms with E-state index in [-0.39, 0.29) is 6.04 Å². The average molecular weight is 245 g/mol. The number of fused-ring (bicyclic) bond motifs is 1. The van der Waals surface area contributed by atoms with Crippen LogP contribution in [-0.2, 0) is 7.05 Å². The van der Waals surface area contributed by atoms with Crippen molar-refractivity contribution in [2.45, 2.75) is 33.2 Å². The quantitative estimate of drug-likeness (QED) is 0.876. The van der Waals surface area contributed by atoms with E-state index in [0.717, 1.165) is 17.9 Å². The molecule has 0 bridgehead atoms. The molecule has 18 heavy (non-hydrogen) atoms. The molecular weight excluding hydrogens is 222 g/mol. The maximum absolute atomic E-state index is 4.72. The standard InChI is InChI=1S/C15H23N3/c1-5-11(2)10-16-12(3)15-17-13-8-6-7-9-14(13)18(15)4/h6-9,11-12,16H,5,10H2,1-4H3. The molecule has 0 saturated carbocycles. The highest BCUT2D eigenvalue weighted by Gasteiger charge is 2.14. The Hall–Kier alpha value is -1.35. The van der Waals surface area contributed by atoms with Crippen LogP contribution in [0.1, 0.15) is 39.1 Å². The first-order valence-corrected chi connectivity index (χ1v) is 6.78. The Balaban J connectivity index is 2.17. The van der Waals surface area contributed by atoms with Crippen molar-refractivity contribution < 1.29 is 0 Å². The molecule has 0 spiro atoms. The van der Waals surface area contributed by atoms with E-state index in [1.165, 1.54) is 11.9 Å². The number of rotatable bonds is 5. The number of hydrogen-bond donors (Lipinski definition) is 1. The molecule has 1 N–H and O–H groups in total. The van der Waals surface area contributed by atoms with Crippen LogP contribution in [0.5, 0.6) is 0 Å². The lowest BCUT2D eigenvalue weighted by Gasteiger charge is -2.16. The topological polar surface area (TPSA) is 29.9 Å². The number of nitrogens with zero attached hydrogens (tertiary/aromatic N) is 2. The second-order valence-corrected chi connectivity index (χ2v) is 5.16. The Morgan fingerprint density at radius 2 is 2.00 bits per heavy atom. The summed E-state index contributed by atoms with van der Waals surface area (Å²) in [4.78, 5) is 4.72. The SMILES string of the molecule is CCC(C)CNC(C)c1nc2ccccc2n1C. The number of imidazole rings is 1. The zero-order chi connectivity index (χ0) is 13.1. The molecule has 0 saturated heterocycles. The van der Waals surface area contributed by atoms with E-state index in [2.05, 4.69) is 55.9 Å². The number of hydrogen-bond acceptors (Lipinski definition) is 2. The Morgan fingerprint density at radius 1 is 1.28 bits per heavy atom. The first-order valence-electron chi connectivity index (χ1n) is 6.78. The van der Waals surface area contributed by atoms with Crippen LogP contribution in [0.3, 0.4) is 0 Å². The zero-order valence-corrected chi connectivity index (χ0v) is 11.8. The third-order valence-electron chi connectivity index (χ3n) is 3.68. The van der Waals surface area contributed by atoms with E-state index < -0.39 is 0 Å². The van der Waals surface area contributed by atoms with Crippen molar-refractivity contribution in [3.63, 3.8) is 0 Å². The molecule has 0 aliphatic heterocycles. The van der Waals surface area contributed by atoms with Gasteiger partial charge in [-0.2, -0.15) is 0 Å². The van der Waals surface area contributed by atoms with Crippen LogP contribution >= 0.6 is 0 Å². The molecule has 2 unspecified atom stereocenters. The van der Waals surface area contributed by atoms with Crippen LogP contribution in [0.15, 0.2) is 24.3 Å². The van der Waals surface area contributed by atoms with Gasteiger partial charge in [0.1, 0.15) is 5.82 Å². The third kappa shape index (κ3) is 2.56. The summed E-state index contributed by atoms with van der Waals surface area (Å²) in [6, 6.07) is 8.57. The van der Waals surface area contributed by atoms with Gasteiger partial charge >= 0.3 is 0 Å². The number of benzene rings is 1. The van der Waals surface area contributed by atoms with Crippen molar-refractivity contribution in [1.29, 1.82) is 0 Å². The molecule has 98 valence electrons. The van der Waals surface area contributed by atoms with E-state index in [9.17, 15) is 0 Å². The number of aromatic nitrogens is 2. The maximum atomic E-state index is 4.72. The van der Waals surface area contributed by atoms with Crippen molar-refractivity contribution in [3.8, 4) is 0 Å². The van der Waals surface area contributed by atoms with Crippen molar-refractivity contribution in [2.24, 2.45) is 13.0 Å². The van der Waals surface area contributed by atoms with E-state index in [0.29, 0.717) is 5.92 Å². The molecular formula is C15H23N3. The largest absolute Gasteiger partial charge is 0.330 e. The van der Waals surface area contributed by atoms with Crippen LogP contribution < -0.4 is 5.32 Å². The van der Waals surface area contributed by atoms with Gasteiger partial charge in [0, 0.05) is 7.05 Å². The Morgan fingerprint density at radius 3 is 2.67 bits per heavy atom. The molecule has 2 atom stereocenters. The lowest BCUT2D eigenvalue weighted by Crippen LogP contribution is -2.26. The van der Waals surface area contributed by atoms with Crippen LogP contribution in [0, 0.1) is 5.92 Å². The summed E-state index contributed by atoms with van der Waals surface area (Å²) in [6.07, 6.45) is 1.21. The molecule has 1 aromatic carbocycles. The predicted octanol–water partition coefficient (Wildman–Crippen LogP) is 3.27. The van der Waals surface area contributed by atoms with Gasteiger partial charge in [-0.3, -0.25) is 0 Å². The predicted molar refractivity (Wildman–Crippen MR) is 76.6 cm³/mol. The first kappa shape index (κ1) is 13.1. The van der Waals surface area contributed by atoms with Gasteiger partial charge in [0.05, 0.1) is 17.1 Å². The summed E-state index contributed by atoms with van der Waals surface area (Å²) in [5, 5.41) is 3.57. The molecule has 3 nitrogen and oxygen atoms in total. The summed E-state index contributed by atoms with van der Waals surface area (Å²) in [6.45, 7) is 7.73. The normalized spacial score (nSPS) is 14.9. The minimum atomic E-state index is 0.288. The first-order chi connectivity index (χ1) is 8.63. The van der Waals surface area contributed by atoms with E-state index in [4.69, 9.17) is 4.98 Å². The minimum absolute atomic E-state index is 0.288. The number of aryl methyl sites for hydroxylation is 1. The Bertz CT molecular complexity index is 515. The summed E-state index contributed by atoms with van der Waals surface area (Å²) in [5.41, 5.74) is 2.27. The molecule has 0 aliphatic carbocycles. The Labute approximate surface area is 109 Å². The van der Waals surface area contributed by atoms with Gasteiger partial charge in [0.25, 0.3) is 0 Å². The fourth-order valence-corrected chi connectivity index (χ4v) is 2.17. The second-order valence-electron chi connectivity index (χ2n) is 5.16. The molecule has 0 fully saturated rings. The van der Waals surface area contributed by atoms with Gasteiger partial charge in [-0.15, -0.1) is 0 Å². The third-order valence-corrected chi connectivity index (χ3v) is 3.68. The van der Waals surface area contributed by atoms with Crippen molar-refractivity contribution in [1.82, 2.24) is 14.9 Å². The van der Waals surface area contributed by atoms with Crippen molar-refractivity contribution in [3.05, 3.63) is 30.1 Å². The van der Waals surface area contributed by atoms with Crippen molar-refractivity contribution in [2.75, 3.05) is 6.54 Å². The van der Waals surface area contributed by atoms with Gasteiger partial charge in [0.15, 0.2) is 0 Å². The van der Waals surface area contributed by atoms with Crippen LogP contribution in [-0.4, -0.2) is 16.1 Å². The molecule has 0 radical (unpaired) electrons. The lowest BCUT2D eigenvalue weighted by atomic mass is 10.1. The molecule has 0 aliphatic rings. The van der Waals surface area contributed by atoms with Crippen LogP contribution in [0.2, 0.25) is 0 Å². The fourth-order valence-electron chi connectivity index (χ4n) is 2.17. The fraction of sp³-hybridized carbons (Fsp3) is 0.533. The highest BCUT2D eigenvalue weighted by atomic mass is 15.1. The van der Waals surface area contributed by atoms with E-state index in [1.807, 2.05) is 6.07 Å². The highest BCUT2D eigenvalue weighted by Crippen LogP contribution is 2.19. The summed E-state index contributed by atoms with van der Waals surface area (Å²) in [7, 11) is 2.09. The van der Waals surface area contributed by atoms with Gasteiger partial charge in [0.2, 0.25) is 0 Å². The van der Waals surface area contributed by atoms with Gasteiger partial charge < -0.3 is 9.88 Å². The Kier molecular flexibility index (Phi) is 4.02. The van der Waals surface area contributed by atoms with Gasteiger partial charge in [-0.1, -0.05) is 32.4 Å². The van der Waals surface area contributed by atoms with Gasteiger partial charge in [-0.25, -0.2) is 4.98 Å². The van der Waals surface area contributed by atoms with E-state index >= 15 is 0 Å². The summed E-state index contributed by atoms with van der Waals surface area (Å²) >= 11 is 0. The van der Waals surface area contributed by atoms with Crippen LogP contribution in [0.25, 0.3) is 11.0 Å². The molecule has 3 heteroatoms. The summed E-state index contributed by atoms with van der Waals surface area (Å²) < 4.78 is 2.18. The molecule has 0 amide bonds. The smallest absolute Gasteiger partial charge is 0.126 e. The monoisotopic (exact) mass is 245 g/mol. The molecule has 2 rings (SSSR count). The molecule has 1 heterocycles. The lowest BCUT2D eigenvalue weighted by molar-refractivity contribution is 0.446. The molecule has 2 aromatic rings. The molecule has 1 aromatic heterocycles. The number of para-hydroxylation sites is 2. The summed E-state index contributed by atoms with van der Waals surface area (Å²) in [5.74, 6) is 1.82. The van der Waals surface area contributed by atoms with Gasteiger partial charge in [-0.05, 0) is 31.5 Å².